The quantitative estimate of drug-likeness (QED) is 0.161. The number of carboxylic acids is 2. The summed E-state index contributed by atoms with van der Waals surface area (Å²) in [5.41, 5.74) is 3.85. The summed E-state index contributed by atoms with van der Waals surface area (Å²) in [5, 5.41) is 22.2. The van der Waals surface area contributed by atoms with Crippen LogP contribution in [0.3, 0.4) is 0 Å². The predicted octanol–water partition coefficient (Wildman–Crippen LogP) is 5.72. The molecular weight excluding hydrogens is 567 g/mol. The molecule has 3 aromatic carbocycles. The van der Waals surface area contributed by atoms with Crippen molar-refractivity contribution in [2.75, 3.05) is 6.61 Å². The highest BCUT2D eigenvalue weighted by Crippen LogP contribution is 2.36. The number of halogens is 1. The van der Waals surface area contributed by atoms with Crippen molar-refractivity contribution >= 4 is 39.8 Å². The van der Waals surface area contributed by atoms with Crippen LogP contribution in [0.1, 0.15) is 54.1 Å². The Hall–Kier alpha value is -5.19. The molecule has 10 nitrogen and oxygen atoms in total. The van der Waals surface area contributed by atoms with E-state index in [1.165, 1.54) is 18.6 Å². The average Bonchev–Trinajstić information content (AvgIpc) is 3.61. The maximum absolute atomic E-state index is 13.7. The van der Waals surface area contributed by atoms with E-state index >= 15 is 0 Å². The number of hydrogen-bond acceptors (Lipinski definition) is 5. The number of carbonyl (C=O) groups is 3. The summed E-state index contributed by atoms with van der Waals surface area (Å²) in [7, 11) is 0. The topological polar surface area (TPSA) is 147 Å². The molecule has 44 heavy (non-hydrogen) atoms. The SMILES string of the molecule is O=C(O)COc1ccc2[nH]cc(C[C@H](NC(=O)c3ccc4c(c3)nc(-c3ccc(F)cc3)n4C3CCCCC3)C(=O)O)c2c1. The molecule has 0 unspecified atom stereocenters. The van der Waals surface area contributed by atoms with Gasteiger partial charge in [0.05, 0.1) is 11.0 Å². The third-order valence-electron chi connectivity index (χ3n) is 8.12. The van der Waals surface area contributed by atoms with Crippen molar-refractivity contribution in [3.8, 4) is 17.1 Å². The lowest BCUT2D eigenvalue weighted by Crippen LogP contribution is -2.42. The van der Waals surface area contributed by atoms with Crippen molar-refractivity contribution < 1.29 is 33.7 Å². The molecular formula is C33H31FN4O6. The predicted molar refractivity (Wildman–Crippen MR) is 161 cm³/mol. The number of benzene rings is 3. The normalized spacial score (nSPS) is 14.5. The highest BCUT2D eigenvalue weighted by molar-refractivity contribution is 6.00. The van der Waals surface area contributed by atoms with E-state index in [0.29, 0.717) is 33.6 Å². The average molecular weight is 599 g/mol. The molecule has 226 valence electrons. The smallest absolute Gasteiger partial charge is 0.341 e. The number of hydrogen-bond donors (Lipinski definition) is 4. The number of carboxylic acid groups (broad SMARTS) is 2. The Bertz CT molecular complexity index is 1860. The molecule has 1 saturated carbocycles. The Labute approximate surface area is 251 Å². The third-order valence-corrected chi connectivity index (χ3v) is 8.12. The molecule has 2 heterocycles. The first-order chi connectivity index (χ1) is 21.3. The van der Waals surface area contributed by atoms with Gasteiger partial charge in [-0.15, -0.1) is 0 Å². The second-order valence-electron chi connectivity index (χ2n) is 11.1. The zero-order chi connectivity index (χ0) is 30.8. The second kappa shape index (κ2) is 12.2. The summed E-state index contributed by atoms with van der Waals surface area (Å²) < 4.78 is 21.2. The van der Waals surface area contributed by atoms with Crippen LogP contribution in [0.2, 0.25) is 0 Å². The molecule has 0 aliphatic heterocycles. The summed E-state index contributed by atoms with van der Waals surface area (Å²) in [5.74, 6) is -2.16. The molecule has 0 radical (unpaired) electrons. The van der Waals surface area contributed by atoms with Crippen molar-refractivity contribution in [3.63, 3.8) is 0 Å². The van der Waals surface area contributed by atoms with Crippen LogP contribution in [-0.4, -0.2) is 55.2 Å². The van der Waals surface area contributed by atoms with E-state index in [-0.39, 0.29) is 23.8 Å². The van der Waals surface area contributed by atoms with Gasteiger partial charge < -0.3 is 29.8 Å². The molecule has 11 heteroatoms. The Morgan fingerprint density at radius 2 is 1.80 bits per heavy atom. The van der Waals surface area contributed by atoms with Crippen LogP contribution in [0.5, 0.6) is 5.75 Å². The van der Waals surface area contributed by atoms with Crippen molar-refractivity contribution in [2.24, 2.45) is 0 Å². The van der Waals surface area contributed by atoms with Gasteiger partial charge in [-0.25, -0.2) is 19.0 Å². The van der Waals surface area contributed by atoms with E-state index in [1.54, 1.807) is 48.7 Å². The molecule has 2 aromatic heterocycles. The molecule has 5 aromatic rings. The highest BCUT2D eigenvalue weighted by Gasteiger charge is 2.25. The van der Waals surface area contributed by atoms with Crippen LogP contribution in [0.4, 0.5) is 4.39 Å². The number of nitrogens with zero attached hydrogens (tertiary/aromatic N) is 2. The first-order valence-corrected chi connectivity index (χ1v) is 14.5. The molecule has 6 rings (SSSR count). The Kier molecular flexibility index (Phi) is 8.01. The fourth-order valence-corrected chi connectivity index (χ4v) is 5.97. The van der Waals surface area contributed by atoms with Gasteiger partial charge in [-0.1, -0.05) is 19.3 Å². The summed E-state index contributed by atoms with van der Waals surface area (Å²) in [6, 6.07) is 15.3. The number of carbonyl (C=O) groups excluding carboxylic acids is 1. The summed E-state index contributed by atoms with van der Waals surface area (Å²) in [6.45, 7) is -0.506. The molecule has 1 aliphatic carbocycles. The van der Waals surface area contributed by atoms with Gasteiger partial charge in [0.2, 0.25) is 0 Å². The van der Waals surface area contributed by atoms with E-state index in [0.717, 1.165) is 36.8 Å². The highest BCUT2D eigenvalue weighted by atomic mass is 19.1. The van der Waals surface area contributed by atoms with Gasteiger partial charge in [0.15, 0.2) is 6.61 Å². The lowest BCUT2D eigenvalue weighted by molar-refractivity contribution is -0.140. The molecule has 1 atom stereocenters. The zero-order valence-electron chi connectivity index (χ0n) is 23.8. The van der Waals surface area contributed by atoms with Gasteiger partial charge in [0.25, 0.3) is 5.91 Å². The first kappa shape index (κ1) is 28.9. The summed E-state index contributed by atoms with van der Waals surface area (Å²) in [4.78, 5) is 44.4. The standard InChI is InChI=1S/C33H31FN4O6/c34-22-9-6-19(7-10-22)31-36-27-14-20(8-13-29(27)38(31)23-4-2-1-3-5-23)32(41)37-28(33(42)43)15-21-17-35-26-12-11-24(16-25(21)26)44-18-30(39)40/h6-14,16-17,23,28,35H,1-5,15,18H2,(H,37,41)(H,39,40)(H,42,43)/t28-/m0/s1. The number of amides is 1. The zero-order valence-corrected chi connectivity index (χ0v) is 23.8. The second-order valence-corrected chi connectivity index (χ2v) is 11.1. The largest absolute Gasteiger partial charge is 0.482 e. The van der Waals surface area contributed by atoms with Crippen molar-refractivity contribution in [1.82, 2.24) is 19.9 Å². The maximum atomic E-state index is 13.7. The molecule has 1 aliphatic rings. The lowest BCUT2D eigenvalue weighted by atomic mass is 9.94. The van der Waals surface area contributed by atoms with Crippen LogP contribution in [0.25, 0.3) is 33.3 Å². The number of rotatable bonds is 10. The number of ether oxygens (including phenoxy) is 1. The van der Waals surface area contributed by atoms with Gasteiger partial charge >= 0.3 is 11.9 Å². The minimum absolute atomic E-state index is 0.0171. The van der Waals surface area contributed by atoms with Crippen LogP contribution < -0.4 is 10.1 Å². The molecule has 1 fully saturated rings. The monoisotopic (exact) mass is 598 g/mol. The van der Waals surface area contributed by atoms with Gasteiger partial charge in [0.1, 0.15) is 23.4 Å². The number of aromatic amines is 1. The fourth-order valence-electron chi connectivity index (χ4n) is 5.97. The molecule has 1 amide bonds. The Morgan fingerprint density at radius 1 is 1.02 bits per heavy atom. The third kappa shape index (κ3) is 5.98. The Morgan fingerprint density at radius 3 is 2.52 bits per heavy atom. The van der Waals surface area contributed by atoms with Crippen molar-refractivity contribution in [2.45, 2.75) is 50.6 Å². The fraction of sp³-hybridized carbons (Fsp3) is 0.273. The van der Waals surface area contributed by atoms with Crippen molar-refractivity contribution in [3.05, 3.63) is 83.8 Å². The first-order valence-electron chi connectivity index (χ1n) is 14.5. The van der Waals surface area contributed by atoms with Gasteiger partial charge in [0, 0.05) is 40.7 Å². The van der Waals surface area contributed by atoms with E-state index < -0.39 is 30.5 Å². The number of fused-ring (bicyclic) bond motifs is 2. The number of H-pyrrole nitrogens is 1. The number of imidazole rings is 1. The van der Waals surface area contributed by atoms with Crippen LogP contribution in [-0.2, 0) is 16.0 Å². The molecule has 0 bridgehead atoms. The summed E-state index contributed by atoms with van der Waals surface area (Å²) >= 11 is 0. The minimum Gasteiger partial charge on any atom is -0.482 e. The molecule has 0 spiro atoms. The molecule has 4 N–H and O–H groups in total. The van der Waals surface area contributed by atoms with E-state index in [4.69, 9.17) is 14.8 Å². The van der Waals surface area contributed by atoms with E-state index in [2.05, 4.69) is 14.9 Å². The van der Waals surface area contributed by atoms with Gasteiger partial charge in [-0.2, -0.15) is 0 Å². The van der Waals surface area contributed by atoms with Crippen LogP contribution in [0, 0.1) is 5.82 Å². The number of nitrogens with one attached hydrogen (secondary N) is 2. The lowest BCUT2D eigenvalue weighted by Gasteiger charge is -2.25. The summed E-state index contributed by atoms with van der Waals surface area (Å²) in [6.07, 6.45) is 7.05. The van der Waals surface area contributed by atoms with Crippen molar-refractivity contribution in [1.29, 1.82) is 0 Å². The van der Waals surface area contributed by atoms with Crippen LogP contribution in [0.15, 0.2) is 66.9 Å². The number of aromatic nitrogens is 3. The van der Waals surface area contributed by atoms with Gasteiger partial charge in [-0.3, -0.25) is 4.79 Å². The van der Waals surface area contributed by atoms with Crippen LogP contribution >= 0.6 is 0 Å². The Balaban J connectivity index is 1.27. The van der Waals surface area contributed by atoms with E-state index in [1.807, 2.05) is 6.07 Å². The van der Waals surface area contributed by atoms with Gasteiger partial charge in [-0.05, 0) is 79.1 Å². The maximum Gasteiger partial charge on any atom is 0.341 e. The van der Waals surface area contributed by atoms with E-state index in [9.17, 15) is 23.9 Å². The minimum atomic E-state index is -1.24. The number of aliphatic carboxylic acids is 2. The molecule has 0 saturated heterocycles.